The Labute approximate surface area is 104 Å². The zero-order valence-corrected chi connectivity index (χ0v) is 9.87. The van der Waals surface area contributed by atoms with Gasteiger partial charge in [0.2, 0.25) is 5.78 Å². The molecule has 0 saturated carbocycles. The Hall–Kier alpha value is -2.56. The van der Waals surface area contributed by atoms with E-state index in [0.717, 1.165) is 16.9 Å². The largest absolute Gasteiger partial charge is 0.496 e. The highest BCUT2D eigenvalue weighted by atomic mass is 16.5. The van der Waals surface area contributed by atoms with Crippen LogP contribution < -0.4 is 10.5 Å². The Morgan fingerprint density at radius 1 is 1.17 bits per heavy atom. The van der Waals surface area contributed by atoms with Crippen molar-refractivity contribution in [3.05, 3.63) is 42.9 Å². The fourth-order valence-electron chi connectivity index (χ4n) is 1.91. The smallest absolute Gasteiger partial charge is 0.235 e. The van der Waals surface area contributed by atoms with Gasteiger partial charge >= 0.3 is 0 Å². The number of para-hydroxylation sites is 1. The Balaban J connectivity index is 2.21. The van der Waals surface area contributed by atoms with E-state index >= 15 is 0 Å². The summed E-state index contributed by atoms with van der Waals surface area (Å²) in [5.41, 5.74) is 7.73. The van der Waals surface area contributed by atoms with Crippen molar-refractivity contribution in [2.75, 3.05) is 12.8 Å². The first-order valence-corrected chi connectivity index (χ1v) is 5.51. The fourth-order valence-corrected chi connectivity index (χ4v) is 1.91. The molecule has 0 aliphatic rings. The molecule has 0 aliphatic heterocycles. The van der Waals surface area contributed by atoms with E-state index in [0.29, 0.717) is 11.6 Å². The predicted octanol–water partition coefficient (Wildman–Crippen LogP) is 1.99. The SMILES string of the molecule is COc1ccccc1-c1cnc2ncc(N)n2c1. The lowest BCUT2D eigenvalue weighted by Gasteiger charge is -2.08. The highest BCUT2D eigenvalue weighted by Gasteiger charge is 2.08. The molecule has 3 aromatic rings. The number of hydrogen-bond acceptors (Lipinski definition) is 4. The standard InChI is InChI=1S/C13H12N4O/c1-18-11-5-3-2-4-10(11)9-6-15-13-16-7-12(14)17(13)8-9/h2-8H,14H2,1H3. The average Bonchev–Trinajstić information content (AvgIpc) is 2.80. The molecular weight excluding hydrogens is 228 g/mol. The number of fused-ring (bicyclic) bond motifs is 1. The van der Waals surface area contributed by atoms with Crippen LogP contribution in [0.2, 0.25) is 0 Å². The third kappa shape index (κ3) is 1.57. The van der Waals surface area contributed by atoms with Crippen molar-refractivity contribution >= 4 is 11.6 Å². The number of imidazole rings is 1. The molecule has 0 bridgehead atoms. The van der Waals surface area contributed by atoms with Gasteiger partial charge in [0, 0.05) is 23.5 Å². The van der Waals surface area contributed by atoms with E-state index in [1.54, 1.807) is 23.9 Å². The maximum absolute atomic E-state index is 5.82. The molecule has 2 N–H and O–H groups in total. The maximum atomic E-state index is 5.82. The lowest BCUT2D eigenvalue weighted by Crippen LogP contribution is -1.96. The molecule has 3 rings (SSSR count). The molecular formula is C13H12N4O. The van der Waals surface area contributed by atoms with Crippen molar-refractivity contribution < 1.29 is 4.74 Å². The van der Waals surface area contributed by atoms with Crippen LogP contribution in [0.3, 0.4) is 0 Å². The van der Waals surface area contributed by atoms with Gasteiger partial charge in [-0.2, -0.15) is 0 Å². The van der Waals surface area contributed by atoms with Crippen molar-refractivity contribution in [3.63, 3.8) is 0 Å². The molecule has 0 radical (unpaired) electrons. The van der Waals surface area contributed by atoms with Crippen LogP contribution in [-0.2, 0) is 0 Å². The van der Waals surface area contributed by atoms with Crippen LogP contribution in [0.1, 0.15) is 0 Å². The van der Waals surface area contributed by atoms with Crippen LogP contribution >= 0.6 is 0 Å². The Bertz CT molecular complexity index is 705. The third-order valence-corrected chi connectivity index (χ3v) is 2.81. The van der Waals surface area contributed by atoms with Gasteiger partial charge in [-0.15, -0.1) is 0 Å². The Morgan fingerprint density at radius 3 is 2.78 bits per heavy atom. The summed E-state index contributed by atoms with van der Waals surface area (Å²) in [5.74, 6) is 1.96. The van der Waals surface area contributed by atoms with E-state index in [4.69, 9.17) is 10.5 Å². The molecule has 18 heavy (non-hydrogen) atoms. The van der Waals surface area contributed by atoms with Crippen molar-refractivity contribution in [1.82, 2.24) is 14.4 Å². The first kappa shape index (κ1) is 10.6. The third-order valence-electron chi connectivity index (χ3n) is 2.81. The Kier molecular flexibility index (Phi) is 2.37. The van der Waals surface area contributed by atoms with Crippen LogP contribution in [0.5, 0.6) is 5.75 Å². The molecule has 0 spiro atoms. The topological polar surface area (TPSA) is 65.4 Å². The molecule has 0 atom stereocenters. The van der Waals surface area contributed by atoms with Gasteiger partial charge in [-0.25, -0.2) is 9.97 Å². The van der Waals surface area contributed by atoms with Crippen LogP contribution in [0, 0.1) is 0 Å². The lowest BCUT2D eigenvalue weighted by molar-refractivity contribution is 0.416. The molecule has 90 valence electrons. The summed E-state index contributed by atoms with van der Waals surface area (Å²) in [4.78, 5) is 8.36. The second kappa shape index (κ2) is 4.03. The van der Waals surface area contributed by atoms with Gasteiger partial charge in [0.25, 0.3) is 0 Å². The first-order valence-electron chi connectivity index (χ1n) is 5.51. The number of hydrogen-bond donors (Lipinski definition) is 1. The number of nitrogens with zero attached hydrogens (tertiary/aromatic N) is 3. The summed E-state index contributed by atoms with van der Waals surface area (Å²) in [6.45, 7) is 0. The van der Waals surface area contributed by atoms with E-state index in [1.807, 2.05) is 30.5 Å². The van der Waals surface area contributed by atoms with Gasteiger partial charge in [0.05, 0.1) is 13.3 Å². The molecule has 0 aliphatic carbocycles. The van der Waals surface area contributed by atoms with E-state index in [2.05, 4.69) is 9.97 Å². The average molecular weight is 240 g/mol. The predicted molar refractivity (Wildman–Crippen MR) is 69.4 cm³/mol. The molecule has 0 saturated heterocycles. The summed E-state index contributed by atoms with van der Waals surface area (Å²) < 4.78 is 7.09. The molecule has 5 heteroatoms. The van der Waals surface area contributed by atoms with Crippen molar-refractivity contribution in [2.45, 2.75) is 0 Å². The number of ether oxygens (including phenoxy) is 1. The van der Waals surface area contributed by atoms with Gasteiger partial charge in [0.1, 0.15) is 11.6 Å². The van der Waals surface area contributed by atoms with Gasteiger partial charge in [-0.1, -0.05) is 18.2 Å². The molecule has 2 heterocycles. The summed E-state index contributed by atoms with van der Waals surface area (Å²) in [6.07, 6.45) is 5.26. The molecule has 1 aromatic carbocycles. The van der Waals surface area contributed by atoms with Crippen LogP contribution in [0.15, 0.2) is 42.9 Å². The van der Waals surface area contributed by atoms with Gasteiger partial charge in [0.15, 0.2) is 0 Å². The molecule has 2 aromatic heterocycles. The van der Waals surface area contributed by atoms with Crippen molar-refractivity contribution in [3.8, 4) is 16.9 Å². The van der Waals surface area contributed by atoms with Crippen LogP contribution in [0.25, 0.3) is 16.9 Å². The number of aromatic nitrogens is 3. The monoisotopic (exact) mass is 240 g/mol. The maximum Gasteiger partial charge on any atom is 0.235 e. The lowest BCUT2D eigenvalue weighted by atomic mass is 10.1. The molecule has 0 unspecified atom stereocenters. The summed E-state index contributed by atoms with van der Waals surface area (Å²) >= 11 is 0. The second-order valence-corrected chi connectivity index (χ2v) is 3.90. The second-order valence-electron chi connectivity index (χ2n) is 3.90. The molecule has 0 fully saturated rings. The van der Waals surface area contributed by atoms with Crippen molar-refractivity contribution in [1.29, 1.82) is 0 Å². The van der Waals surface area contributed by atoms with Gasteiger partial charge in [-0.3, -0.25) is 4.40 Å². The number of anilines is 1. The minimum absolute atomic E-state index is 0.564. The summed E-state index contributed by atoms with van der Waals surface area (Å²) in [6, 6.07) is 7.78. The number of nitrogens with two attached hydrogens (primary N) is 1. The van der Waals surface area contributed by atoms with Crippen molar-refractivity contribution in [2.24, 2.45) is 0 Å². The highest BCUT2D eigenvalue weighted by Crippen LogP contribution is 2.29. The quantitative estimate of drug-likeness (QED) is 0.744. The van der Waals surface area contributed by atoms with Gasteiger partial charge in [-0.05, 0) is 6.07 Å². The normalized spacial score (nSPS) is 10.7. The van der Waals surface area contributed by atoms with E-state index in [-0.39, 0.29) is 0 Å². The first-order chi connectivity index (χ1) is 8.79. The van der Waals surface area contributed by atoms with Crippen LogP contribution in [0.4, 0.5) is 5.82 Å². The molecule has 0 amide bonds. The minimum Gasteiger partial charge on any atom is -0.496 e. The summed E-state index contributed by atoms with van der Waals surface area (Å²) in [7, 11) is 1.65. The van der Waals surface area contributed by atoms with Crippen LogP contribution in [-0.4, -0.2) is 21.5 Å². The fraction of sp³-hybridized carbons (Fsp3) is 0.0769. The zero-order chi connectivity index (χ0) is 12.5. The number of benzene rings is 1. The number of rotatable bonds is 2. The number of methoxy groups -OCH3 is 1. The van der Waals surface area contributed by atoms with E-state index < -0.39 is 0 Å². The zero-order valence-electron chi connectivity index (χ0n) is 9.87. The summed E-state index contributed by atoms with van der Waals surface area (Å²) in [5, 5.41) is 0. The van der Waals surface area contributed by atoms with E-state index in [1.165, 1.54) is 0 Å². The van der Waals surface area contributed by atoms with E-state index in [9.17, 15) is 0 Å². The molecule has 5 nitrogen and oxygen atoms in total. The minimum atomic E-state index is 0.564. The number of nitrogen functional groups attached to an aromatic ring is 1. The highest BCUT2D eigenvalue weighted by molar-refractivity contribution is 5.70. The Morgan fingerprint density at radius 2 is 1.94 bits per heavy atom. The van der Waals surface area contributed by atoms with Gasteiger partial charge < -0.3 is 10.5 Å².